The fraction of sp³-hybridized carbons (Fsp3) is 0.167. The van der Waals surface area contributed by atoms with Gasteiger partial charge in [0.2, 0.25) is 0 Å². The standard InChI is InChI=1S/C12H9ClF2O/c1-7-4-8(6-16-7)12(13)10-5-9(14)2-3-11(10)15/h2-6,12H,1H3. The van der Waals surface area contributed by atoms with E-state index in [1.54, 1.807) is 13.0 Å². The summed E-state index contributed by atoms with van der Waals surface area (Å²) < 4.78 is 31.5. The number of rotatable bonds is 2. The van der Waals surface area contributed by atoms with E-state index in [-0.39, 0.29) is 5.56 Å². The van der Waals surface area contributed by atoms with E-state index in [4.69, 9.17) is 16.0 Å². The van der Waals surface area contributed by atoms with Gasteiger partial charge in [-0.2, -0.15) is 0 Å². The summed E-state index contributed by atoms with van der Waals surface area (Å²) in [6, 6.07) is 4.91. The van der Waals surface area contributed by atoms with Crippen molar-refractivity contribution in [3.05, 3.63) is 59.1 Å². The Kier molecular flexibility index (Phi) is 2.97. The summed E-state index contributed by atoms with van der Waals surface area (Å²) in [6.07, 6.45) is 1.44. The van der Waals surface area contributed by atoms with Crippen LogP contribution in [0.3, 0.4) is 0 Å². The lowest BCUT2D eigenvalue weighted by Crippen LogP contribution is -1.96. The van der Waals surface area contributed by atoms with E-state index in [0.717, 1.165) is 18.2 Å². The molecule has 0 bridgehead atoms. The van der Waals surface area contributed by atoms with Crippen LogP contribution >= 0.6 is 11.6 Å². The molecule has 1 atom stereocenters. The zero-order valence-corrected chi connectivity index (χ0v) is 9.26. The molecule has 1 aromatic heterocycles. The smallest absolute Gasteiger partial charge is 0.128 e. The van der Waals surface area contributed by atoms with Crippen molar-refractivity contribution in [1.29, 1.82) is 0 Å². The SMILES string of the molecule is Cc1cc(C(Cl)c2cc(F)ccc2F)co1. The minimum Gasteiger partial charge on any atom is -0.469 e. The first-order valence-corrected chi connectivity index (χ1v) is 5.15. The Balaban J connectivity index is 2.40. The molecular weight excluding hydrogens is 234 g/mol. The number of alkyl halides is 1. The average molecular weight is 243 g/mol. The van der Waals surface area contributed by atoms with Gasteiger partial charge in [-0.05, 0) is 31.2 Å². The second-order valence-electron chi connectivity index (χ2n) is 3.52. The Morgan fingerprint density at radius 1 is 1.25 bits per heavy atom. The lowest BCUT2D eigenvalue weighted by atomic mass is 10.1. The molecule has 0 fully saturated rings. The second kappa shape index (κ2) is 4.26. The van der Waals surface area contributed by atoms with Gasteiger partial charge in [0.1, 0.15) is 17.4 Å². The van der Waals surface area contributed by atoms with Gasteiger partial charge in [0.05, 0.1) is 11.6 Å². The van der Waals surface area contributed by atoms with E-state index in [2.05, 4.69) is 0 Å². The maximum absolute atomic E-state index is 13.4. The van der Waals surface area contributed by atoms with Gasteiger partial charge in [0, 0.05) is 11.1 Å². The maximum Gasteiger partial charge on any atom is 0.128 e. The quantitative estimate of drug-likeness (QED) is 0.720. The van der Waals surface area contributed by atoms with Gasteiger partial charge in [0.15, 0.2) is 0 Å². The summed E-state index contributed by atoms with van der Waals surface area (Å²) in [4.78, 5) is 0. The lowest BCUT2D eigenvalue weighted by Gasteiger charge is -2.08. The monoisotopic (exact) mass is 242 g/mol. The molecule has 0 N–H and O–H groups in total. The van der Waals surface area contributed by atoms with Crippen LogP contribution in [0.5, 0.6) is 0 Å². The molecule has 1 nitrogen and oxygen atoms in total. The molecule has 0 aliphatic carbocycles. The zero-order chi connectivity index (χ0) is 11.7. The topological polar surface area (TPSA) is 13.1 Å². The molecule has 0 aliphatic rings. The van der Waals surface area contributed by atoms with Crippen LogP contribution < -0.4 is 0 Å². The fourth-order valence-corrected chi connectivity index (χ4v) is 1.77. The van der Waals surface area contributed by atoms with Crippen molar-refractivity contribution >= 4 is 11.6 Å². The highest BCUT2D eigenvalue weighted by molar-refractivity contribution is 6.22. The predicted molar refractivity (Wildman–Crippen MR) is 57.5 cm³/mol. The van der Waals surface area contributed by atoms with Gasteiger partial charge < -0.3 is 4.42 Å². The Hall–Kier alpha value is -1.35. The van der Waals surface area contributed by atoms with Crippen LogP contribution in [0, 0.1) is 18.6 Å². The number of hydrogen-bond acceptors (Lipinski definition) is 1. The third kappa shape index (κ3) is 2.09. The Morgan fingerprint density at radius 3 is 2.62 bits per heavy atom. The molecule has 0 saturated heterocycles. The number of halogens is 3. The summed E-state index contributed by atoms with van der Waals surface area (Å²) in [7, 11) is 0. The van der Waals surface area contributed by atoms with Crippen LogP contribution in [0.15, 0.2) is 34.9 Å². The molecule has 0 saturated carbocycles. The van der Waals surface area contributed by atoms with Gasteiger partial charge in [-0.1, -0.05) is 0 Å². The minimum absolute atomic E-state index is 0.113. The first kappa shape index (κ1) is 11.1. The van der Waals surface area contributed by atoms with Gasteiger partial charge in [0.25, 0.3) is 0 Å². The van der Waals surface area contributed by atoms with Crippen LogP contribution in [0.2, 0.25) is 0 Å². The van der Waals surface area contributed by atoms with E-state index in [1.807, 2.05) is 0 Å². The minimum atomic E-state index is -0.742. The van der Waals surface area contributed by atoms with E-state index in [9.17, 15) is 8.78 Å². The van der Waals surface area contributed by atoms with Crippen LogP contribution in [0.4, 0.5) is 8.78 Å². The molecule has 84 valence electrons. The fourth-order valence-electron chi connectivity index (χ4n) is 1.49. The molecule has 4 heteroatoms. The molecule has 0 aliphatic heterocycles. The van der Waals surface area contributed by atoms with Crippen LogP contribution in [0.1, 0.15) is 22.3 Å². The van der Waals surface area contributed by atoms with Gasteiger partial charge in [-0.15, -0.1) is 11.6 Å². The van der Waals surface area contributed by atoms with Crippen molar-refractivity contribution in [1.82, 2.24) is 0 Å². The third-order valence-electron chi connectivity index (χ3n) is 2.27. The zero-order valence-electron chi connectivity index (χ0n) is 8.51. The molecule has 0 spiro atoms. The summed E-state index contributed by atoms with van der Waals surface area (Å²) in [5.41, 5.74) is 0.728. The highest BCUT2D eigenvalue weighted by atomic mass is 35.5. The summed E-state index contributed by atoms with van der Waals surface area (Å²) in [5, 5.41) is -0.742. The second-order valence-corrected chi connectivity index (χ2v) is 3.96. The Morgan fingerprint density at radius 2 is 2.00 bits per heavy atom. The molecular formula is C12H9ClF2O. The van der Waals surface area contributed by atoms with Crippen LogP contribution in [0.25, 0.3) is 0 Å². The number of aryl methyl sites for hydroxylation is 1. The largest absolute Gasteiger partial charge is 0.469 e. The van der Waals surface area contributed by atoms with Crippen LogP contribution in [-0.2, 0) is 0 Å². The normalized spacial score (nSPS) is 12.8. The van der Waals surface area contributed by atoms with Gasteiger partial charge in [-0.25, -0.2) is 8.78 Å². The molecule has 1 unspecified atom stereocenters. The van der Waals surface area contributed by atoms with Crippen molar-refractivity contribution in [2.45, 2.75) is 12.3 Å². The van der Waals surface area contributed by atoms with Crippen LogP contribution in [-0.4, -0.2) is 0 Å². The van der Waals surface area contributed by atoms with Crippen molar-refractivity contribution in [2.24, 2.45) is 0 Å². The highest BCUT2D eigenvalue weighted by Gasteiger charge is 2.17. The summed E-state index contributed by atoms with van der Waals surface area (Å²) >= 11 is 6.06. The number of hydrogen-bond donors (Lipinski definition) is 0. The predicted octanol–water partition coefficient (Wildman–Crippen LogP) is 4.19. The van der Waals surface area contributed by atoms with Crippen molar-refractivity contribution in [3.8, 4) is 0 Å². The first-order chi connectivity index (χ1) is 7.58. The van der Waals surface area contributed by atoms with E-state index in [0.29, 0.717) is 11.3 Å². The van der Waals surface area contributed by atoms with Gasteiger partial charge in [-0.3, -0.25) is 0 Å². The lowest BCUT2D eigenvalue weighted by molar-refractivity contribution is 0.531. The van der Waals surface area contributed by atoms with Crippen molar-refractivity contribution in [2.75, 3.05) is 0 Å². The molecule has 2 rings (SSSR count). The summed E-state index contributed by atoms with van der Waals surface area (Å²) in [5.74, 6) is -0.361. The Labute approximate surface area is 96.6 Å². The average Bonchev–Trinajstić information content (AvgIpc) is 2.67. The molecule has 2 aromatic rings. The maximum atomic E-state index is 13.4. The van der Waals surface area contributed by atoms with Gasteiger partial charge >= 0.3 is 0 Å². The Bertz CT molecular complexity index is 507. The third-order valence-corrected chi connectivity index (χ3v) is 2.76. The molecule has 1 heterocycles. The van der Waals surface area contributed by atoms with E-state index >= 15 is 0 Å². The molecule has 0 amide bonds. The molecule has 1 aromatic carbocycles. The van der Waals surface area contributed by atoms with E-state index in [1.165, 1.54) is 6.26 Å². The molecule has 16 heavy (non-hydrogen) atoms. The van der Waals surface area contributed by atoms with Crippen molar-refractivity contribution in [3.63, 3.8) is 0 Å². The first-order valence-electron chi connectivity index (χ1n) is 4.72. The number of benzene rings is 1. The summed E-state index contributed by atoms with van der Waals surface area (Å²) in [6.45, 7) is 1.76. The number of furan rings is 1. The van der Waals surface area contributed by atoms with E-state index < -0.39 is 17.0 Å². The van der Waals surface area contributed by atoms with Crippen molar-refractivity contribution < 1.29 is 13.2 Å². The molecule has 0 radical (unpaired) electrons. The highest BCUT2D eigenvalue weighted by Crippen LogP contribution is 2.31.